The molecule has 0 aromatic carbocycles. The predicted molar refractivity (Wildman–Crippen MR) is 65.8 cm³/mol. The molecule has 0 saturated carbocycles. The van der Waals surface area contributed by atoms with E-state index in [0.717, 1.165) is 6.08 Å². The van der Waals surface area contributed by atoms with E-state index in [1.807, 2.05) is 0 Å². The Morgan fingerprint density at radius 3 is 3.00 bits per heavy atom. The Morgan fingerprint density at radius 1 is 1.63 bits per heavy atom. The summed E-state index contributed by atoms with van der Waals surface area (Å²) >= 11 is 0. The van der Waals surface area contributed by atoms with E-state index in [1.165, 1.54) is 25.3 Å². The monoisotopic (exact) mass is 264 g/mol. The van der Waals surface area contributed by atoms with Gasteiger partial charge in [-0.05, 0) is 19.9 Å². The zero-order valence-corrected chi connectivity index (χ0v) is 10.4. The van der Waals surface area contributed by atoms with Crippen molar-refractivity contribution >= 4 is 17.5 Å². The smallest absolute Gasteiger partial charge is 0.332 e. The summed E-state index contributed by atoms with van der Waals surface area (Å²) < 4.78 is 4.69. The summed E-state index contributed by atoms with van der Waals surface area (Å²) in [6.07, 6.45) is 2.51. The van der Waals surface area contributed by atoms with Gasteiger partial charge in [0.1, 0.15) is 0 Å². The number of rotatable bonds is 5. The lowest BCUT2D eigenvalue weighted by atomic mass is 10.4. The van der Waals surface area contributed by atoms with Gasteiger partial charge in [-0.15, -0.1) is 5.11 Å². The van der Waals surface area contributed by atoms with E-state index in [-0.39, 0.29) is 23.8 Å². The predicted octanol–water partition coefficient (Wildman–Crippen LogP) is 2.54. The third-order valence-corrected chi connectivity index (χ3v) is 1.88. The second kappa shape index (κ2) is 6.94. The van der Waals surface area contributed by atoms with Crippen LogP contribution < -0.4 is 0 Å². The Hall–Kier alpha value is -2.64. The number of hydrogen-bond donors (Lipinski definition) is 0. The Balaban J connectivity index is 2.87. The number of aromatic nitrogens is 1. The van der Waals surface area contributed by atoms with Crippen molar-refractivity contribution in [3.05, 3.63) is 40.2 Å². The van der Waals surface area contributed by atoms with E-state index in [0.29, 0.717) is 0 Å². The third-order valence-electron chi connectivity index (χ3n) is 1.88. The molecule has 8 nitrogen and oxygen atoms in total. The first kappa shape index (κ1) is 14.4. The number of carbonyl (C=O) groups is 1. The van der Waals surface area contributed by atoms with E-state index < -0.39 is 10.9 Å². The maximum atomic E-state index is 11.1. The summed E-state index contributed by atoms with van der Waals surface area (Å²) in [5, 5.41) is 18.0. The van der Waals surface area contributed by atoms with E-state index in [4.69, 9.17) is 0 Å². The first-order chi connectivity index (χ1) is 9.04. The molecule has 0 aliphatic rings. The summed E-state index contributed by atoms with van der Waals surface area (Å²) in [7, 11) is 0. The molecule has 1 rings (SSSR count). The molecule has 0 amide bonds. The second-order valence-corrected chi connectivity index (χ2v) is 3.34. The summed E-state index contributed by atoms with van der Waals surface area (Å²) in [6.45, 7) is 3.46. The Kier molecular flexibility index (Phi) is 5.27. The SMILES string of the molecule is CCOC(=O)/C=C(\C)N=Nc1ncccc1[N+](=O)[O-]. The highest BCUT2D eigenvalue weighted by Crippen LogP contribution is 2.24. The van der Waals surface area contributed by atoms with Crippen LogP contribution in [0.25, 0.3) is 0 Å². The molecular weight excluding hydrogens is 252 g/mol. The topological polar surface area (TPSA) is 107 Å². The number of hydrogen-bond acceptors (Lipinski definition) is 7. The van der Waals surface area contributed by atoms with Gasteiger partial charge in [-0.25, -0.2) is 9.78 Å². The molecule has 1 heterocycles. The van der Waals surface area contributed by atoms with Crippen LogP contribution in [0.1, 0.15) is 13.8 Å². The van der Waals surface area contributed by atoms with E-state index in [1.54, 1.807) is 6.92 Å². The normalized spacial score (nSPS) is 11.6. The van der Waals surface area contributed by atoms with Crippen LogP contribution in [0.4, 0.5) is 11.5 Å². The molecule has 0 N–H and O–H groups in total. The molecule has 0 fully saturated rings. The minimum Gasteiger partial charge on any atom is -0.463 e. The molecule has 0 saturated heterocycles. The number of allylic oxidation sites excluding steroid dienone is 1. The molecule has 1 aromatic heterocycles. The molecule has 19 heavy (non-hydrogen) atoms. The lowest BCUT2D eigenvalue weighted by molar-refractivity contribution is -0.384. The van der Waals surface area contributed by atoms with Crippen molar-refractivity contribution in [2.45, 2.75) is 13.8 Å². The number of carbonyl (C=O) groups excluding carboxylic acids is 1. The Labute approximate surface area is 109 Å². The minimum atomic E-state index is -0.605. The van der Waals surface area contributed by atoms with Crippen molar-refractivity contribution in [2.24, 2.45) is 10.2 Å². The fourth-order valence-electron chi connectivity index (χ4n) is 1.12. The van der Waals surface area contributed by atoms with Crippen molar-refractivity contribution in [1.29, 1.82) is 0 Å². The van der Waals surface area contributed by atoms with Gasteiger partial charge in [-0.2, -0.15) is 5.11 Å². The molecule has 0 unspecified atom stereocenters. The molecule has 0 aliphatic heterocycles. The lowest BCUT2D eigenvalue weighted by Gasteiger charge is -1.96. The van der Waals surface area contributed by atoms with Gasteiger partial charge in [0.25, 0.3) is 5.82 Å². The maximum Gasteiger partial charge on any atom is 0.332 e. The van der Waals surface area contributed by atoms with Crippen LogP contribution in [0, 0.1) is 10.1 Å². The van der Waals surface area contributed by atoms with Crippen molar-refractivity contribution < 1.29 is 14.5 Å². The van der Waals surface area contributed by atoms with E-state index in [9.17, 15) is 14.9 Å². The first-order valence-electron chi connectivity index (χ1n) is 5.40. The number of ether oxygens (including phenoxy) is 1. The van der Waals surface area contributed by atoms with Gasteiger partial charge >= 0.3 is 11.7 Å². The zero-order chi connectivity index (χ0) is 14.3. The van der Waals surface area contributed by atoms with E-state index in [2.05, 4.69) is 19.9 Å². The minimum absolute atomic E-state index is 0.121. The van der Waals surface area contributed by atoms with Crippen LogP contribution in [0.5, 0.6) is 0 Å². The van der Waals surface area contributed by atoms with Gasteiger partial charge in [-0.1, -0.05) is 0 Å². The van der Waals surface area contributed by atoms with Gasteiger partial charge in [0.05, 0.1) is 17.2 Å². The molecular formula is C11H12N4O4. The zero-order valence-electron chi connectivity index (χ0n) is 10.4. The standard InChI is InChI=1S/C11H12N4O4/c1-3-19-10(16)7-8(2)13-14-11-9(15(17)18)5-4-6-12-11/h4-7H,3H2,1-2H3/b8-7+,14-13?. The summed E-state index contributed by atoms with van der Waals surface area (Å²) in [5.41, 5.74) is 0.00795. The van der Waals surface area contributed by atoms with Gasteiger partial charge < -0.3 is 4.74 Å². The number of nitrogens with zero attached hydrogens (tertiary/aromatic N) is 4. The summed E-state index contributed by atoms with van der Waals surface area (Å²) in [6, 6.07) is 2.70. The first-order valence-corrected chi connectivity index (χ1v) is 5.40. The van der Waals surface area contributed by atoms with Gasteiger partial charge in [0.2, 0.25) is 0 Å². The van der Waals surface area contributed by atoms with Crippen molar-refractivity contribution in [3.63, 3.8) is 0 Å². The number of pyridine rings is 1. The molecule has 0 aliphatic carbocycles. The lowest BCUT2D eigenvalue weighted by Crippen LogP contribution is -1.99. The molecule has 0 spiro atoms. The van der Waals surface area contributed by atoms with Crippen molar-refractivity contribution in [3.8, 4) is 0 Å². The molecule has 0 bridgehead atoms. The summed E-state index contributed by atoms with van der Waals surface area (Å²) in [4.78, 5) is 25.0. The van der Waals surface area contributed by atoms with Crippen LogP contribution in [0.15, 0.2) is 40.3 Å². The number of nitro groups is 1. The Morgan fingerprint density at radius 2 is 2.37 bits per heavy atom. The maximum absolute atomic E-state index is 11.1. The molecule has 0 radical (unpaired) electrons. The highest BCUT2D eigenvalue weighted by atomic mass is 16.6. The van der Waals surface area contributed by atoms with Crippen molar-refractivity contribution in [2.75, 3.05) is 6.61 Å². The van der Waals surface area contributed by atoms with Crippen LogP contribution in [0.3, 0.4) is 0 Å². The van der Waals surface area contributed by atoms with Crippen LogP contribution >= 0.6 is 0 Å². The number of esters is 1. The largest absolute Gasteiger partial charge is 0.463 e. The molecule has 0 atom stereocenters. The van der Waals surface area contributed by atoms with E-state index >= 15 is 0 Å². The van der Waals surface area contributed by atoms with Crippen LogP contribution in [0.2, 0.25) is 0 Å². The average Bonchev–Trinajstić information content (AvgIpc) is 2.36. The number of azo groups is 1. The highest BCUT2D eigenvalue weighted by Gasteiger charge is 2.13. The average molecular weight is 264 g/mol. The molecule has 1 aromatic rings. The Bertz CT molecular complexity index is 539. The third kappa shape index (κ3) is 4.62. The molecule has 100 valence electrons. The van der Waals surface area contributed by atoms with Crippen molar-refractivity contribution in [1.82, 2.24) is 4.98 Å². The van der Waals surface area contributed by atoms with Gasteiger partial charge in [0.15, 0.2) is 0 Å². The second-order valence-electron chi connectivity index (χ2n) is 3.34. The fourth-order valence-corrected chi connectivity index (χ4v) is 1.12. The quantitative estimate of drug-likeness (QED) is 0.267. The van der Waals surface area contributed by atoms with Gasteiger partial charge in [0, 0.05) is 18.3 Å². The highest BCUT2D eigenvalue weighted by molar-refractivity contribution is 5.82. The summed E-state index contributed by atoms with van der Waals surface area (Å²) in [5.74, 6) is -0.668. The van der Waals surface area contributed by atoms with Crippen LogP contribution in [-0.2, 0) is 9.53 Å². The molecule has 8 heteroatoms. The van der Waals surface area contributed by atoms with Crippen LogP contribution in [-0.4, -0.2) is 22.5 Å². The van der Waals surface area contributed by atoms with Gasteiger partial charge in [-0.3, -0.25) is 10.1 Å². The fraction of sp³-hybridized carbons (Fsp3) is 0.273.